The highest BCUT2D eigenvalue weighted by atomic mass is 16.2. The third kappa shape index (κ3) is 2.65. The van der Waals surface area contributed by atoms with Gasteiger partial charge in [-0.2, -0.15) is 0 Å². The largest absolute Gasteiger partial charge is 0.368 e. The van der Waals surface area contributed by atoms with Crippen molar-refractivity contribution in [1.29, 1.82) is 0 Å². The van der Waals surface area contributed by atoms with Gasteiger partial charge in [-0.15, -0.1) is 0 Å². The normalized spacial score (nSPS) is 20.6. The van der Waals surface area contributed by atoms with Gasteiger partial charge in [-0.05, 0) is 33.1 Å². The van der Waals surface area contributed by atoms with E-state index in [0.29, 0.717) is 26.1 Å². The maximum Gasteiger partial charge on any atom is 0.320 e. The van der Waals surface area contributed by atoms with Crippen molar-refractivity contribution in [3.8, 4) is 0 Å². The number of primary amides is 1. The zero-order valence-electron chi connectivity index (χ0n) is 10.1. The molecule has 5 heteroatoms. The van der Waals surface area contributed by atoms with Gasteiger partial charge in [-0.25, -0.2) is 4.79 Å². The molecule has 0 bridgehead atoms. The van der Waals surface area contributed by atoms with Crippen molar-refractivity contribution >= 4 is 11.9 Å². The van der Waals surface area contributed by atoms with Gasteiger partial charge in [0, 0.05) is 19.6 Å². The SMILES string of the molecule is CCN(CC)C(=O)N1CCCCC1C(N)=O. The van der Waals surface area contributed by atoms with Crippen molar-refractivity contribution in [2.75, 3.05) is 19.6 Å². The minimum absolute atomic E-state index is 0.0616. The summed E-state index contributed by atoms with van der Waals surface area (Å²) >= 11 is 0. The first kappa shape index (κ1) is 12.8. The summed E-state index contributed by atoms with van der Waals surface area (Å²) in [5.74, 6) is -0.389. The van der Waals surface area contributed by atoms with Gasteiger partial charge in [0.05, 0.1) is 0 Å². The molecule has 1 rings (SSSR count). The van der Waals surface area contributed by atoms with E-state index in [1.165, 1.54) is 0 Å². The first-order valence-electron chi connectivity index (χ1n) is 5.96. The molecule has 2 N–H and O–H groups in total. The van der Waals surface area contributed by atoms with Crippen LogP contribution in [0.15, 0.2) is 0 Å². The van der Waals surface area contributed by atoms with Crippen LogP contribution in [-0.4, -0.2) is 47.4 Å². The van der Waals surface area contributed by atoms with Gasteiger partial charge < -0.3 is 15.5 Å². The molecule has 92 valence electrons. The van der Waals surface area contributed by atoms with Crippen molar-refractivity contribution in [2.45, 2.75) is 39.2 Å². The standard InChI is InChI=1S/C11H21N3O2/c1-3-13(4-2)11(16)14-8-6-5-7-9(14)10(12)15/h9H,3-8H2,1-2H3,(H2,12,15). The van der Waals surface area contributed by atoms with Crippen LogP contribution < -0.4 is 5.73 Å². The molecule has 0 aromatic rings. The van der Waals surface area contributed by atoms with Gasteiger partial charge in [0.25, 0.3) is 0 Å². The molecule has 1 saturated heterocycles. The van der Waals surface area contributed by atoms with Gasteiger partial charge >= 0.3 is 6.03 Å². The molecule has 0 aliphatic carbocycles. The minimum Gasteiger partial charge on any atom is -0.368 e. The Kier molecular flexibility index (Phi) is 4.58. The van der Waals surface area contributed by atoms with E-state index in [1.54, 1.807) is 9.80 Å². The van der Waals surface area contributed by atoms with Crippen molar-refractivity contribution in [3.63, 3.8) is 0 Å². The minimum atomic E-state index is -0.415. The van der Waals surface area contributed by atoms with Gasteiger partial charge in [-0.3, -0.25) is 4.79 Å². The number of nitrogens with zero attached hydrogens (tertiary/aromatic N) is 2. The van der Waals surface area contributed by atoms with Gasteiger partial charge in [0.15, 0.2) is 0 Å². The molecular formula is C11H21N3O2. The van der Waals surface area contributed by atoms with E-state index >= 15 is 0 Å². The Morgan fingerprint density at radius 3 is 2.44 bits per heavy atom. The number of urea groups is 1. The highest BCUT2D eigenvalue weighted by Crippen LogP contribution is 2.18. The number of carbonyl (C=O) groups is 2. The second-order valence-corrected chi connectivity index (χ2v) is 4.06. The summed E-state index contributed by atoms with van der Waals surface area (Å²) in [6.45, 7) is 5.84. The molecule has 3 amide bonds. The summed E-state index contributed by atoms with van der Waals surface area (Å²) in [5.41, 5.74) is 5.33. The van der Waals surface area contributed by atoms with Crippen LogP contribution in [-0.2, 0) is 4.79 Å². The lowest BCUT2D eigenvalue weighted by Gasteiger charge is -2.36. The van der Waals surface area contributed by atoms with E-state index in [4.69, 9.17) is 5.73 Å². The number of amides is 3. The Hall–Kier alpha value is -1.26. The zero-order chi connectivity index (χ0) is 12.1. The van der Waals surface area contributed by atoms with Gasteiger partial charge in [0.2, 0.25) is 5.91 Å². The molecule has 1 unspecified atom stereocenters. The van der Waals surface area contributed by atoms with Crippen molar-refractivity contribution in [1.82, 2.24) is 9.80 Å². The Labute approximate surface area is 96.6 Å². The average molecular weight is 227 g/mol. The van der Waals surface area contributed by atoms with Crippen molar-refractivity contribution in [2.24, 2.45) is 5.73 Å². The first-order valence-corrected chi connectivity index (χ1v) is 5.96. The first-order chi connectivity index (χ1) is 7.61. The van der Waals surface area contributed by atoms with Crippen LogP contribution in [0, 0.1) is 0 Å². The zero-order valence-corrected chi connectivity index (χ0v) is 10.1. The number of hydrogen-bond acceptors (Lipinski definition) is 2. The van der Waals surface area contributed by atoms with Crippen LogP contribution in [0.3, 0.4) is 0 Å². The number of hydrogen-bond donors (Lipinski definition) is 1. The maximum absolute atomic E-state index is 12.1. The van der Waals surface area contributed by atoms with Crippen LogP contribution in [0.1, 0.15) is 33.1 Å². The lowest BCUT2D eigenvalue weighted by molar-refractivity contribution is -0.123. The van der Waals surface area contributed by atoms with Gasteiger partial charge in [0.1, 0.15) is 6.04 Å². The lowest BCUT2D eigenvalue weighted by Crippen LogP contribution is -2.54. The van der Waals surface area contributed by atoms with Crippen molar-refractivity contribution < 1.29 is 9.59 Å². The fourth-order valence-corrected chi connectivity index (χ4v) is 2.13. The monoisotopic (exact) mass is 227 g/mol. The van der Waals surface area contributed by atoms with Crippen LogP contribution >= 0.6 is 0 Å². The Bertz CT molecular complexity index is 264. The third-order valence-electron chi connectivity index (χ3n) is 3.11. The summed E-state index contributed by atoms with van der Waals surface area (Å²) < 4.78 is 0. The molecule has 1 heterocycles. The third-order valence-corrected chi connectivity index (χ3v) is 3.11. The fraction of sp³-hybridized carbons (Fsp3) is 0.818. The second-order valence-electron chi connectivity index (χ2n) is 4.06. The molecule has 16 heavy (non-hydrogen) atoms. The summed E-state index contributed by atoms with van der Waals surface area (Å²) in [6.07, 6.45) is 2.62. The van der Waals surface area contributed by atoms with E-state index in [-0.39, 0.29) is 11.9 Å². The highest BCUT2D eigenvalue weighted by molar-refractivity contribution is 5.86. The Morgan fingerprint density at radius 1 is 1.31 bits per heavy atom. The predicted molar refractivity (Wildman–Crippen MR) is 61.9 cm³/mol. The van der Waals surface area contributed by atoms with Crippen molar-refractivity contribution in [3.05, 3.63) is 0 Å². The van der Waals surface area contributed by atoms with Crippen LogP contribution in [0.4, 0.5) is 4.79 Å². The second kappa shape index (κ2) is 5.72. The van der Waals surface area contributed by atoms with E-state index < -0.39 is 6.04 Å². The highest BCUT2D eigenvalue weighted by Gasteiger charge is 2.32. The van der Waals surface area contributed by atoms with Crippen LogP contribution in [0.25, 0.3) is 0 Å². The topological polar surface area (TPSA) is 66.6 Å². The number of nitrogens with two attached hydrogens (primary N) is 1. The molecule has 1 fully saturated rings. The van der Waals surface area contributed by atoms with E-state index in [0.717, 1.165) is 12.8 Å². The number of piperidine rings is 1. The molecule has 0 spiro atoms. The van der Waals surface area contributed by atoms with E-state index in [9.17, 15) is 9.59 Å². The molecule has 0 aromatic heterocycles. The summed E-state index contributed by atoms with van der Waals surface area (Å²) in [5, 5.41) is 0. The molecule has 1 aliphatic rings. The number of carbonyl (C=O) groups excluding carboxylic acids is 2. The van der Waals surface area contributed by atoms with Crippen LogP contribution in [0.2, 0.25) is 0 Å². The molecule has 1 aliphatic heterocycles. The molecule has 1 atom stereocenters. The van der Waals surface area contributed by atoms with Crippen LogP contribution in [0.5, 0.6) is 0 Å². The quantitative estimate of drug-likeness (QED) is 0.774. The molecular weight excluding hydrogens is 206 g/mol. The number of likely N-dealkylation sites (tertiary alicyclic amines) is 1. The Balaban J connectivity index is 2.74. The average Bonchev–Trinajstić information content (AvgIpc) is 2.30. The summed E-state index contributed by atoms with van der Waals surface area (Å²) in [6, 6.07) is -0.477. The van der Waals surface area contributed by atoms with Gasteiger partial charge in [-0.1, -0.05) is 0 Å². The molecule has 0 aromatic carbocycles. The lowest BCUT2D eigenvalue weighted by atomic mass is 10.0. The molecule has 0 radical (unpaired) electrons. The number of rotatable bonds is 3. The Morgan fingerprint density at radius 2 is 1.94 bits per heavy atom. The molecule has 5 nitrogen and oxygen atoms in total. The summed E-state index contributed by atoms with van der Waals surface area (Å²) in [4.78, 5) is 26.7. The van der Waals surface area contributed by atoms with E-state index in [1.807, 2.05) is 13.8 Å². The predicted octanol–water partition coefficient (Wildman–Crippen LogP) is 0.788. The molecule has 0 saturated carbocycles. The fourth-order valence-electron chi connectivity index (χ4n) is 2.13. The maximum atomic E-state index is 12.1. The smallest absolute Gasteiger partial charge is 0.320 e. The summed E-state index contributed by atoms with van der Waals surface area (Å²) in [7, 11) is 0. The van der Waals surface area contributed by atoms with E-state index in [2.05, 4.69) is 0 Å².